The maximum Gasteiger partial charge on any atom is 1.00 e. The largest absolute Gasteiger partial charge is 1.00 e. The maximum atomic E-state index is 10.6. The van der Waals surface area contributed by atoms with E-state index < -0.39 is 16.2 Å². The second kappa shape index (κ2) is 4.31. The van der Waals surface area contributed by atoms with Crippen molar-refractivity contribution in [1.82, 2.24) is 4.31 Å². The molecule has 1 saturated heterocycles. The first-order valence-electron chi connectivity index (χ1n) is 2.78. The fourth-order valence-electron chi connectivity index (χ4n) is 0.860. The van der Waals surface area contributed by atoms with Crippen LogP contribution < -0.4 is 51.4 Å². The average Bonchev–Trinajstić information content (AvgIpc) is 2.11. The summed E-state index contributed by atoms with van der Waals surface area (Å²) in [7, 11) is -4.52. The molecule has 5 nitrogen and oxygen atoms in total. The molecule has 1 amide bonds. The molecule has 58 valence electrons. The Labute approximate surface area is 107 Å². The number of carbonyl (C=O) groups is 1. The minimum atomic E-state index is -4.52. The minimum Gasteiger partial charge on any atom is -0.731 e. The van der Waals surface area contributed by atoms with E-state index in [0.717, 1.165) is 0 Å². The monoisotopic (exact) mass is 203 g/mol. The normalized spacial score (nSPS) is 18.3. The fourth-order valence-corrected chi connectivity index (χ4v) is 1.55. The molecule has 0 aromatic carbocycles. The van der Waals surface area contributed by atoms with E-state index in [1.54, 1.807) is 0 Å². The van der Waals surface area contributed by atoms with Crippen molar-refractivity contribution >= 4 is 16.2 Å². The molecule has 0 atom stereocenters. The van der Waals surface area contributed by atoms with E-state index >= 15 is 0 Å². The van der Waals surface area contributed by atoms with E-state index in [-0.39, 0.29) is 64.4 Å². The quantitative estimate of drug-likeness (QED) is 0.322. The number of rotatable bonds is 1. The van der Waals surface area contributed by atoms with Gasteiger partial charge in [0.25, 0.3) is 0 Å². The molecule has 1 heterocycles. The van der Waals surface area contributed by atoms with Crippen molar-refractivity contribution in [1.29, 1.82) is 0 Å². The van der Waals surface area contributed by atoms with E-state index in [0.29, 0.717) is 10.7 Å². The molecule has 0 bridgehead atoms. The number of hydrogen-bond acceptors (Lipinski definition) is 4. The van der Waals surface area contributed by atoms with Crippen molar-refractivity contribution in [2.24, 2.45) is 0 Å². The fraction of sp³-hybridized carbons (Fsp3) is 0.750. The molecule has 0 aromatic heterocycles. The summed E-state index contributed by atoms with van der Waals surface area (Å²) in [6, 6.07) is 0. The summed E-state index contributed by atoms with van der Waals surface area (Å²) in [4.78, 5) is 10.6. The third-order valence-corrected chi connectivity index (χ3v) is 2.23. The van der Waals surface area contributed by atoms with Crippen LogP contribution in [0.2, 0.25) is 0 Å². The van der Waals surface area contributed by atoms with Gasteiger partial charge in [0.1, 0.15) is 0 Å². The van der Waals surface area contributed by atoms with Crippen molar-refractivity contribution in [2.75, 3.05) is 6.54 Å². The Bertz CT molecular complexity index is 249. The number of carbonyl (C=O) groups excluding carboxylic acids is 1. The van der Waals surface area contributed by atoms with Gasteiger partial charge in [0, 0.05) is 13.0 Å². The summed E-state index contributed by atoms with van der Waals surface area (Å²) in [6.07, 6.45) is 0.627. The topological polar surface area (TPSA) is 77.5 Å². The average molecular weight is 203 g/mol. The second-order valence-electron chi connectivity index (χ2n) is 2.03. The molecule has 1 aliphatic heterocycles. The van der Waals surface area contributed by atoms with Crippen LogP contribution in [0.3, 0.4) is 0 Å². The Hall–Kier alpha value is 1.02. The van der Waals surface area contributed by atoms with Crippen LogP contribution in [0.15, 0.2) is 0 Å². The van der Waals surface area contributed by atoms with Gasteiger partial charge in [-0.2, -0.15) is 0 Å². The predicted octanol–water partition coefficient (Wildman–Crippen LogP) is -3.93. The van der Waals surface area contributed by atoms with Gasteiger partial charge in [-0.05, 0) is 6.42 Å². The first-order valence-corrected chi connectivity index (χ1v) is 4.15. The van der Waals surface area contributed by atoms with E-state index in [1.165, 1.54) is 0 Å². The van der Waals surface area contributed by atoms with Gasteiger partial charge >= 0.3 is 51.4 Å². The molecular weight excluding hydrogens is 197 g/mol. The number of nitrogens with zero attached hydrogens (tertiary/aromatic N) is 1. The van der Waals surface area contributed by atoms with E-state index in [2.05, 4.69) is 0 Å². The summed E-state index contributed by atoms with van der Waals surface area (Å²) in [5.74, 6) is -0.588. The second-order valence-corrected chi connectivity index (χ2v) is 3.32. The van der Waals surface area contributed by atoms with E-state index in [9.17, 15) is 17.8 Å². The molecule has 7 heteroatoms. The van der Waals surface area contributed by atoms with Crippen molar-refractivity contribution in [2.45, 2.75) is 12.8 Å². The van der Waals surface area contributed by atoms with Gasteiger partial charge in [-0.1, -0.05) is 0 Å². The van der Waals surface area contributed by atoms with E-state index in [1.807, 2.05) is 0 Å². The molecule has 0 aromatic rings. The van der Waals surface area contributed by atoms with Gasteiger partial charge in [0.05, 0.1) is 0 Å². The zero-order valence-corrected chi connectivity index (χ0v) is 10.0. The van der Waals surface area contributed by atoms with Crippen molar-refractivity contribution in [3.05, 3.63) is 0 Å². The third-order valence-electron chi connectivity index (χ3n) is 1.30. The summed E-state index contributed by atoms with van der Waals surface area (Å²) < 4.78 is 30.9. The van der Waals surface area contributed by atoms with Crippen LogP contribution in [0.4, 0.5) is 0 Å². The molecule has 0 spiro atoms. The molecule has 1 aliphatic rings. The summed E-state index contributed by atoms with van der Waals surface area (Å²) >= 11 is 0. The number of amides is 1. The van der Waals surface area contributed by atoms with Gasteiger partial charge in [0.15, 0.2) is 10.3 Å². The van der Waals surface area contributed by atoms with Gasteiger partial charge in [-0.3, -0.25) is 4.79 Å². The molecule has 1 fully saturated rings. The molecule has 11 heavy (non-hydrogen) atoms. The Morgan fingerprint density at radius 3 is 2.18 bits per heavy atom. The van der Waals surface area contributed by atoms with Crippen LogP contribution in [0.5, 0.6) is 0 Å². The maximum absolute atomic E-state index is 10.6. The van der Waals surface area contributed by atoms with Crippen LogP contribution in [0.25, 0.3) is 0 Å². The molecule has 0 unspecified atom stereocenters. The van der Waals surface area contributed by atoms with Gasteiger partial charge < -0.3 is 4.55 Å². The first kappa shape index (κ1) is 12.0. The third kappa shape index (κ3) is 3.09. The van der Waals surface area contributed by atoms with Crippen molar-refractivity contribution < 1.29 is 69.1 Å². The molecule has 1 rings (SSSR count). The van der Waals surface area contributed by atoms with Crippen molar-refractivity contribution in [3.8, 4) is 0 Å². The smallest absolute Gasteiger partial charge is 0.731 e. The first-order chi connectivity index (χ1) is 4.52. The van der Waals surface area contributed by atoms with Crippen LogP contribution in [0.1, 0.15) is 12.8 Å². The summed E-state index contributed by atoms with van der Waals surface area (Å²) in [5, 5.41) is 0. The van der Waals surface area contributed by atoms with Crippen LogP contribution >= 0.6 is 0 Å². The standard InChI is InChI=1S/C4H7NO4S.K/c6-4-2-1-3-5(4)10(7,8)9;/h1-3H2,(H,7,8,9);/q;+1/p-1. The molecular formula is C4H6KNO4S. The van der Waals surface area contributed by atoms with Crippen LogP contribution in [0, 0.1) is 0 Å². The summed E-state index contributed by atoms with van der Waals surface area (Å²) in [6.45, 7) is 0.0463. The van der Waals surface area contributed by atoms with Gasteiger partial charge in [0.2, 0.25) is 5.91 Å². The molecule has 0 N–H and O–H groups in total. The zero-order valence-electron chi connectivity index (χ0n) is 6.11. The Balaban J connectivity index is 0.000001000. The zero-order chi connectivity index (χ0) is 7.78. The predicted molar refractivity (Wildman–Crippen MR) is 30.6 cm³/mol. The Morgan fingerprint density at radius 2 is 2.00 bits per heavy atom. The van der Waals surface area contributed by atoms with Gasteiger partial charge in [-0.25, -0.2) is 12.7 Å². The van der Waals surface area contributed by atoms with Crippen molar-refractivity contribution in [3.63, 3.8) is 0 Å². The van der Waals surface area contributed by atoms with E-state index in [4.69, 9.17) is 0 Å². The molecule has 0 radical (unpaired) electrons. The summed E-state index contributed by atoms with van der Waals surface area (Å²) in [5.41, 5.74) is 0. The SMILES string of the molecule is O=C1CCCN1S(=O)(=O)[O-].[K+]. The number of hydrogen-bond donors (Lipinski definition) is 0. The Morgan fingerprint density at radius 1 is 1.45 bits per heavy atom. The van der Waals surface area contributed by atoms with Crippen LogP contribution in [-0.4, -0.2) is 29.7 Å². The minimum absolute atomic E-state index is 0. The molecule has 0 saturated carbocycles. The van der Waals surface area contributed by atoms with Crippen LogP contribution in [-0.2, 0) is 15.1 Å². The Kier molecular flexibility index (Phi) is 4.71. The molecule has 0 aliphatic carbocycles. The van der Waals surface area contributed by atoms with Gasteiger partial charge in [-0.15, -0.1) is 0 Å².